The highest BCUT2D eigenvalue weighted by Gasteiger charge is 2.22. The van der Waals surface area contributed by atoms with Gasteiger partial charge in [0.25, 0.3) is 0 Å². The fourth-order valence-electron chi connectivity index (χ4n) is 2.05. The Hall–Kier alpha value is -1.97. The van der Waals surface area contributed by atoms with E-state index in [2.05, 4.69) is 15.4 Å². The van der Waals surface area contributed by atoms with Crippen molar-refractivity contribution in [3.8, 4) is 10.4 Å². The zero-order chi connectivity index (χ0) is 18.2. The predicted molar refractivity (Wildman–Crippen MR) is 104 cm³/mol. The van der Waals surface area contributed by atoms with Crippen LogP contribution in [0.4, 0.5) is 5.00 Å². The van der Waals surface area contributed by atoms with Gasteiger partial charge < -0.3 is 20.1 Å². The van der Waals surface area contributed by atoms with Crippen molar-refractivity contribution < 1.29 is 19.1 Å². The lowest BCUT2D eigenvalue weighted by Gasteiger charge is -2.10. The van der Waals surface area contributed by atoms with Crippen LogP contribution in [0, 0.1) is 0 Å². The van der Waals surface area contributed by atoms with Crippen molar-refractivity contribution in [3.63, 3.8) is 0 Å². The summed E-state index contributed by atoms with van der Waals surface area (Å²) in [4.78, 5) is 24.3. The van der Waals surface area contributed by atoms with Gasteiger partial charge in [-0.3, -0.25) is 4.79 Å². The SMILES string of the molecule is COC(=O)CCCNC(=S)Nc1scc(-c2cccs2)c1C(=O)OC. The number of hydrogen-bond donors (Lipinski definition) is 2. The average Bonchev–Trinajstić information content (AvgIpc) is 3.27. The number of rotatable bonds is 7. The molecular formula is C16H18N2O4S3. The number of hydrogen-bond acceptors (Lipinski definition) is 7. The van der Waals surface area contributed by atoms with E-state index in [9.17, 15) is 9.59 Å². The van der Waals surface area contributed by atoms with Gasteiger partial charge in [-0.1, -0.05) is 6.07 Å². The van der Waals surface area contributed by atoms with Crippen molar-refractivity contribution >= 4 is 56.9 Å². The quantitative estimate of drug-likeness (QED) is 0.420. The molecule has 134 valence electrons. The Morgan fingerprint density at radius 1 is 1.24 bits per heavy atom. The van der Waals surface area contributed by atoms with Crippen LogP contribution in [0.3, 0.4) is 0 Å². The molecule has 6 nitrogen and oxygen atoms in total. The van der Waals surface area contributed by atoms with E-state index in [0.717, 1.165) is 10.4 Å². The number of esters is 2. The van der Waals surface area contributed by atoms with Crippen LogP contribution in [0.5, 0.6) is 0 Å². The van der Waals surface area contributed by atoms with Crippen molar-refractivity contribution in [3.05, 3.63) is 28.5 Å². The maximum absolute atomic E-state index is 12.2. The van der Waals surface area contributed by atoms with E-state index in [1.54, 1.807) is 11.3 Å². The van der Waals surface area contributed by atoms with Crippen molar-refractivity contribution in [2.24, 2.45) is 0 Å². The molecule has 0 aliphatic rings. The van der Waals surface area contributed by atoms with Gasteiger partial charge in [-0.2, -0.15) is 0 Å². The number of carbonyl (C=O) groups excluding carboxylic acids is 2. The van der Waals surface area contributed by atoms with E-state index in [0.29, 0.717) is 35.1 Å². The molecule has 2 aromatic heterocycles. The first-order valence-corrected chi connectivity index (χ1v) is 9.59. The number of nitrogens with one attached hydrogen (secondary N) is 2. The number of carbonyl (C=O) groups is 2. The molecule has 0 amide bonds. The lowest BCUT2D eigenvalue weighted by Crippen LogP contribution is -2.29. The minimum Gasteiger partial charge on any atom is -0.469 e. The Balaban J connectivity index is 2.03. The van der Waals surface area contributed by atoms with Crippen molar-refractivity contribution in [2.75, 3.05) is 26.1 Å². The molecule has 2 N–H and O–H groups in total. The summed E-state index contributed by atoms with van der Waals surface area (Å²) in [6, 6.07) is 3.88. The van der Waals surface area contributed by atoms with E-state index >= 15 is 0 Å². The lowest BCUT2D eigenvalue weighted by molar-refractivity contribution is -0.140. The van der Waals surface area contributed by atoms with Gasteiger partial charge in [0, 0.05) is 28.8 Å². The van der Waals surface area contributed by atoms with Gasteiger partial charge in [0.05, 0.1) is 14.2 Å². The number of thiophene rings is 2. The van der Waals surface area contributed by atoms with E-state index in [1.165, 1.54) is 25.6 Å². The first kappa shape index (κ1) is 19.4. The highest BCUT2D eigenvalue weighted by atomic mass is 32.1. The van der Waals surface area contributed by atoms with Crippen LogP contribution in [-0.2, 0) is 14.3 Å². The maximum atomic E-state index is 12.2. The molecule has 0 unspecified atom stereocenters. The summed E-state index contributed by atoms with van der Waals surface area (Å²) in [5, 5.41) is 10.9. The molecule has 2 aromatic rings. The number of ether oxygens (including phenoxy) is 2. The minimum atomic E-state index is -0.416. The molecule has 2 rings (SSSR count). The molecule has 0 radical (unpaired) electrons. The summed E-state index contributed by atoms with van der Waals surface area (Å²) in [7, 11) is 2.71. The molecule has 0 fully saturated rings. The zero-order valence-electron chi connectivity index (χ0n) is 13.8. The summed E-state index contributed by atoms with van der Waals surface area (Å²) in [5.74, 6) is -0.673. The van der Waals surface area contributed by atoms with Crippen LogP contribution in [-0.4, -0.2) is 37.8 Å². The molecular weight excluding hydrogens is 380 g/mol. The lowest BCUT2D eigenvalue weighted by atomic mass is 10.1. The molecule has 0 aliphatic carbocycles. The van der Waals surface area contributed by atoms with Crippen LogP contribution in [0.25, 0.3) is 10.4 Å². The van der Waals surface area contributed by atoms with Gasteiger partial charge in [-0.15, -0.1) is 22.7 Å². The van der Waals surface area contributed by atoms with E-state index < -0.39 is 5.97 Å². The Morgan fingerprint density at radius 2 is 2.04 bits per heavy atom. The third-order valence-electron chi connectivity index (χ3n) is 3.27. The largest absolute Gasteiger partial charge is 0.469 e. The summed E-state index contributed by atoms with van der Waals surface area (Å²) in [6.07, 6.45) is 0.921. The maximum Gasteiger partial charge on any atom is 0.341 e. The van der Waals surface area contributed by atoms with Crippen LogP contribution in [0.2, 0.25) is 0 Å². The standard InChI is InChI=1S/C16H18N2O4S3/c1-21-12(19)6-3-7-17-16(23)18-14-13(15(20)22-2)10(9-25-14)11-5-4-8-24-11/h4-5,8-9H,3,6-7H2,1-2H3,(H2,17,18,23). The second-order valence-electron chi connectivity index (χ2n) is 4.88. The van der Waals surface area contributed by atoms with Crippen LogP contribution in [0.15, 0.2) is 22.9 Å². The van der Waals surface area contributed by atoms with Crippen molar-refractivity contribution in [1.29, 1.82) is 0 Å². The number of anilines is 1. The Bertz CT molecular complexity index is 741. The molecule has 9 heteroatoms. The second kappa shape index (κ2) is 9.50. The normalized spacial score (nSPS) is 10.2. The first-order chi connectivity index (χ1) is 12.1. The summed E-state index contributed by atoms with van der Waals surface area (Å²) in [6.45, 7) is 0.525. The molecule has 0 aromatic carbocycles. The first-order valence-electron chi connectivity index (χ1n) is 7.42. The van der Waals surface area contributed by atoms with Gasteiger partial charge >= 0.3 is 11.9 Å². The molecule has 0 bridgehead atoms. The summed E-state index contributed by atoms with van der Waals surface area (Å²) >= 11 is 8.19. The molecule has 0 saturated carbocycles. The van der Waals surface area contributed by atoms with Gasteiger partial charge in [0.1, 0.15) is 10.6 Å². The summed E-state index contributed by atoms with van der Waals surface area (Å²) in [5.41, 5.74) is 1.29. The van der Waals surface area contributed by atoms with E-state index in [-0.39, 0.29) is 5.97 Å². The molecule has 25 heavy (non-hydrogen) atoms. The minimum absolute atomic E-state index is 0.257. The predicted octanol–water partition coefficient (Wildman–Crippen LogP) is 3.50. The Labute approximate surface area is 159 Å². The third-order valence-corrected chi connectivity index (χ3v) is 5.31. The fraction of sp³-hybridized carbons (Fsp3) is 0.312. The van der Waals surface area contributed by atoms with E-state index in [1.807, 2.05) is 22.9 Å². The highest BCUT2D eigenvalue weighted by Crippen LogP contribution is 2.38. The second-order valence-corrected chi connectivity index (χ2v) is 7.12. The van der Waals surface area contributed by atoms with Crippen LogP contribution < -0.4 is 10.6 Å². The zero-order valence-corrected chi connectivity index (χ0v) is 16.2. The van der Waals surface area contributed by atoms with E-state index in [4.69, 9.17) is 17.0 Å². The average molecular weight is 399 g/mol. The van der Waals surface area contributed by atoms with Gasteiger partial charge in [-0.25, -0.2) is 4.79 Å². The number of thiocarbonyl (C=S) groups is 1. The fourth-order valence-corrected chi connectivity index (χ4v) is 4.10. The van der Waals surface area contributed by atoms with Crippen LogP contribution >= 0.6 is 34.9 Å². The third kappa shape index (κ3) is 5.25. The Kier molecular flexibility index (Phi) is 7.35. The van der Waals surface area contributed by atoms with Crippen molar-refractivity contribution in [2.45, 2.75) is 12.8 Å². The van der Waals surface area contributed by atoms with Gasteiger partial charge in [-0.05, 0) is 30.1 Å². The highest BCUT2D eigenvalue weighted by molar-refractivity contribution is 7.80. The smallest absolute Gasteiger partial charge is 0.341 e. The van der Waals surface area contributed by atoms with Crippen molar-refractivity contribution in [1.82, 2.24) is 5.32 Å². The van der Waals surface area contributed by atoms with Gasteiger partial charge in [0.15, 0.2) is 5.11 Å². The molecule has 0 spiro atoms. The monoisotopic (exact) mass is 398 g/mol. The molecule has 2 heterocycles. The molecule has 0 saturated heterocycles. The topological polar surface area (TPSA) is 76.7 Å². The summed E-state index contributed by atoms with van der Waals surface area (Å²) < 4.78 is 9.49. The Morgan fingerprint density at radius 3 is 2.68 bits per heavy atom. The number of methoxy groups -OCH3 is 2. The van der Waals surface area contributed by atoms with Crippen LogP contribution in [0.1, 0.15) is 23.2 Å². The molecule has 0 atom stereocenters. The molecule has 0 aliphatic heterocycles. The van der Waals surface area contributed by atoms with Gasteiger partial charge in [0.2, 0.25) is 0 Å².